The van der Waals surface area contributed by atoms with Gasteiger partial charge in [-0.1, -0.05) is 60.1 Å². The van der Waals surface area contributed by atoms with Gasteiger partial charge in [-0.3, -0.25) is 15.0 Å². The van der Waals surface area contributed by atoms with Crippen molar-refractivity contribution in [2.45, 2.75) is 44.9 Å². The first-order valence-corrected chi connectivity index (χ1v) is 16.2. The molecule has 0 saturated carbocycles. The number of para-hydroxylation sites is 1. The minimum Gasteiger partial charge on any atom is -0.496 e. The molecule has 2 heterocycles. The van der Waals surface area contributed by atoms with Crippen LogP contribution in [0.5, 0.6) is 5.75 Å². The lowest BCUT2D eigenvalue weighted by molar-refractivity contribution is -0.123. The molecule has 3 aromatic rings. The molecule has 4 N–H and O–H groups in total. The van der Waals surface area contributed by atoms with E-state index in [1.807, 2.05) is 66.7 Å². The molecular weight excluding hydrogens is 590 g/mol. The molecule has 0 aromatic heterocycles. The number of carbonyl (C=O) groups excluding carboxylic acids is 2. The summed E-state index contributed by atoms with van der Waals surface area (Å²) in [5, 5.41) is 7.18. The molecule has 0 unspecified atom stereocenters. The van der Waals surface area contributed by atoms with Crippen molar-refractivity contribution < 1.29 is 19.1 Å². The molecule has 2 saturated heterocycles. The van der Waals surface area contributed by atoms with E-state index in [1.165, 1.54) is 0 Å². The van der Waals surface area contributed by atoms with Crippen LogP contribution in [0.2, 0.25) is 5.02 Å². The molecule has 10 heteroatoms. The second-order valence-corrected chi connectivity index (χ2v) is 12.3. The zero-order valence-corrected chi connectivity index (χ0v) is 26.7. The van der Waals surface area contributed by atoms with Gasteiger partial charge in [0.1, 0.15) is 11.9 Å². The lowest BCUT2D eigenvalue weighted by Crippen LogP contribution is -2.41. The lowest BCUT2D eigenvalue weighted by atomic mass is 9.96. The SMILES string of the molecule is COc1cc(CNCCN2CCC(OC(=O)Nc3ccccc3-c3ccccc3)CC2)c(Cl)cc1CN1CCC(C(N)=O)CC1. The number of ether oxygens (including phenoxy) is 2. The number of carbonyl (C=O) groups is 2. The molecule has 0 aliphatic carbocycles. The average molecular weight is 634 g/mol. The number of anilines is 1. The zero-order chi connectivity index (χ0) is 31.6. The molecule has 2 fully saturated rings. The molecule has 45 heavy (non-hydrogen) atoms. The van der Waals surface area contributed by atoms with E-state index in [0.717, 1.165) is 105 Å². The monoisotopic (exact) mass is 633 g/mol. The van der Waals surface area contributed by atoms with Crippen LogP contribution in [0.25, 0.3) is 11.1 Å². The molecular formula is C35H44ClN5O4. The Bertz CT molecular complexity index is 1420. The van der Waals surface area contributed by atoms with Gasteiger partial charge in [-0.25, -0.2) is 4.79 Å². The van der Waals surface area contributed by atoms with Gasteiger partial charge < -0.3 is 25.4 Å². The lowest BCUT2D eigenvalue weighted by Gasteiger charge is -2.31. The van der Waals surface area contributed by atoms with Crippen LogP contribution in [0.1, 0.15) is 36.8 Å². The Kier molecular flexibility index (Phi) is 11.7. The van der Waals surface area contributed by atoms with E-state index in [4.69, 9.17) is 26.8 Å². The fourth-order valence-corrected chi connectivity index (χ4v) is 6.42. The van der Waals surface area contributed by atoms with Gasteiger partial charge in [0.05, 0.1) is 12.8 Å². The summed E-state index contributed by atoms with van der Waals surface area (Å²) in [6, 6.07) is 21.8. The number of likely N-dealkylation sites (tertiary alicyclic amines) is 2. The second kappa shape index (κ2) is 16.1. The van der Waals surface area contributed by atoms with Gasteiger partial charge in [-0.05, 0) is 68.1 Å². The number of nitrogens with two attached hydrogens (primary N) is 1. The number of hydrogen-bond donors (Lipinski definition) is 3. The number of nitrogens with one attached hydrogen (secondary N) is 2. The van der Waals surface area contributed by atoms with Crippen molar-refractivity contribution >= 4 is 29.3 Å². The molecule has 0 atom stereocenters. The fourth-order valence-electron chi connectivity index (χ4n) is 6.17. The summed E-state index contributed by atoms with van der Waals surface area (Å²) in [5.41, 5.74) is 10.3. The van der Waals surface area contributed by atoms with E-state index >= 15 is 0 Å². The normalized spacial score (nSPS) is 16.8. The van der Waals surface area contributed by atoms with Crippen LogP contribution in [-0.2, 0) is 22.6 Å². The zero-order valence-electron chi connectivity index (χ0n) is 26.0. The van der Waals surface area contributed by atoms with Gasteiger partial charge >= 0.3 is 6.09 Å². The summed E-state index contributed by atoms with van der Waals surface area (Å²) in [5.74, 6) is 0.593. The summed E-state index contributed by atoms with van der Waals surface area (Å²) in [6.07, 6.45) is 2.67. The molecule has 3 aromatic carbocycles. The summed E-state index contributed by atoms with van der Waals surface area (Å²) >= 11 is 6.68. The van der Waals surface area contributed by atoms with Crippen molar-refractivity contribution in [1.29, 1.82) is 0 Å². The third-order valence-corrected chi connectivity index (χ3v) is 9.16. The first kappa shape index (κ1) is 32.8. The van der Waals surface area contributed by atoms with Crippen LogP contribution in [0.15, 0.2) is 66.7 Å². The molecule has 2 aliphatic heterocycles. The molecule has 5 rings (SSSR count). The Morgan fingerprint density at radius 2 is 1.60 bits per heavy atom. The van der Waals surface area contributed by atoms with Crippen LogP contribution in [0.3, 0.4) is 0 Å². The first-order chi connectivity index (χ1) is 21.9. The number of rotatable bonds is 12. The van der Waals surface area contributed by atoms with Gasteiger partial charge in [0.2, 0.25) is 5.91 Å². The third kappa shape index (κ3) is 9.20. The smallest absolute Gasteiger partial charge is 0.411 e. The molecule has 0 spiro atoms. The number of amides is 2. The summed E-state index contributed by atoms with van der Waals surface area (Å²) in [7, 11) is 1.68. The van der Waals surface area contributed by atoms with E-state index in [1.54, 1.807) is 7.11 Å². The third-order valence-electron chi connectivity index (χ3n) is 8.81. The predicted octanol–water partition coefficient (Wildman–Crippen LogP) is 5.52. The van der Waals surface area contributed by atoms with Gasteiger partial charge in [-0.2, -0.15) is 0 Å². The van der Waals surface area contributed by atoms with Crippen molar-refractivity contribution in [3.63, 3.8) is 0 Å². The highest BCUT2D eigenvalue weighted by Crippen LogP contribution is 2.30. The van der Waals surface area contributed by atoms with Gasteiger partial charge in [0, 0.05) is 61.3 Å². The highest BCUT2D eigenvalue weighted by molar-refractivity contribution is 6.31. The quantitative estimate of drug-likeness (QED) is 0.226. The van der Waals surface area contributed by atoms with Crippen LogP contribution in [0, 0.1) is 5.92 Å². The van der Waals surface area contributed by atoms with Gasteiger partial charge in [0.15, 0.2) is 0 Å². The topological polar surface area (TPSA) is 109 Å². The van der Waals surface area contributed by atoms with Gasteiger partial charge in [0.25, 0.3) is 0 Å². The fraction of sp³-hybridized carbons (Fsp3) is 0.429. The second-order valence-electron chi connectivity index (χ2n) is 11.9. The van der Waals surface area contributed by atoms with Gasteiger partial charge in [-0.15, -0.1) is 0 Å². The number of piperidine rings is 2. The summed E-state index contributed by atoms with van der Waals surface area (Å²) < 4.78 is 11.5. The summed E-state index contributed by atoms with van der Waals surface area (Å²) in [6.45, 7) is 6.50. The molecule has 2 aliphatic rings. The van der Waals surface area contributed by atoms with E-state index in [9.17, 15) is 9.59 Å². The van der Waals surface area contributed by atoms with Crippen LogP contribution < -0.4 is 21.1 Å². The maximum absolute atomic E-state index is 12.7. The number of primary amides is 1. The Morgan fingerprint density at radius 1 is 0.911 bits per heavy atom. The van der Waals surface area contributed by atoms with Crippen LogP contribution in [0.4, 0.5) is 10.5 Å². The number of halogens is 1. The number of methoxy groups -OCH3 is 1. The Morgan fingerprint density at radius 3 is 2.31 bits per heavy atom. The Balaban J connectivity index is 1.02. The minimum absolute atomic E-state index is 0.0273. The van der Waals surface area contributed by atoms with E-state index < -0.39 is 6.09 Å². The van der Waals surface area contributed by atoms with Crippen molar-refractivity contribution in [3.8, 4) is 16.9 Å². The number of nitrogens with zero attached hydrogens (tertiary/aromatic N) is 2. The number of hydrogen-bond acceptors (Lipinski definition) is 7. The minimum atomic E-state index is -0.413. The average Bonchev–Trinajstić information content (AvgIpc) is 3.05. The Labute approximate surface area is 271 Å². The molecule has 0 radical (unpaired) electrons. The van der Waals surface area contributed by atoms with E-state index in [0.29, 0.717) is 11.6 Å². The summed E-state index contributed by atoms with van der Waals surface area (Å²) in [4.78, 5) is 28.9. The standard InChI is InChI=1S/C35H44ClN5O4/c1-44-33-22-27(31(36)21-28(33)24-41-16-11-26(12-17-41)34(37)42)23-38-15-20-40-18-13-29(14-19-40)45-35(43)39-32-10-6-5-9-30(32)25-7-3-2-4-8-25/h2-10,21-22,26,29,38H,11-20,23-24H2,1H3,(H2,37,42)(H,39,43). The highest BCUT2D eigenvalue weighted by Gasteiger charge is 2.25. The maximum Gasteiger partial charge on any atom is 0.411 e. The molecule has 9 nitrogen and oxygen atoms in total. The first-order valence-electron chi connectivity index (χ1n) is 15.8. The van der Waals surface area contributed by atoms with Crippen molar-refractivity contribution in [3.05, 3.63) is 82.9 Å². The highest BCUT2D eigenvalue weighted by atomic mass is 35.5. The van der Waals surface area contributed by atoms with Crippen molar-refractivity contribution in [2.24, 2.45) is 11.7 Å². The predicted molar refractivity (Wildman–Crippen MR) is 178 cm³/mol. The van der Waals surface area contributed by atoms with Crippen LogP contribution in [-0.4, -0.2) is 74.3 Å². The maximum atomic E-state index is 12.7. The Hall–Kier alpha value is -3.63. The van der Waals surface area contributed by atoms with Crippen molar-refractivity contribution in [1.82, 2.24) is 15.1 Å². The number of benzene rings is 3. The largest absolute Gasteiger partial charge is 0.496 e. The molecule has 240 valence electrons. The molecule has 2 amide bonds. The van der Waals surface area contributed by atoms with E-state index in [-0.39, 0.29) is 17.9 Å². The van der Waals surface area contributed by atoms with Crippen molar-refractivity contribution in [2.75, 3.05) is 51.7 Å². The van der Waals surface area contributed by atoms with E-state index in [2.05, 4.69) is 20.4 Å². The molecule has 0 bridgehead atoms. The van der Waals surface area contributed by atoms with Crippen LogP contribution >= 0.6 is 11.6 Å².